The molecule has 0 radical (unpaired) electrons. The normalized spacial score (nSPS) is 11.0. The van der Waals surface area contributed by atoms with Crippen molar-refractivity contribution in [2.45, 2.75) is 39.0 Å². The Balaban J connectivity index is 2.05. The van der Waals surface area contributed by atoms with Gasteiger partial charge >= 0.3 is 0 Å². The third-order valence-electron chi connectivity index (χ3n) is 3.52. The second-order valence-corrected chi connectivity index (χ2v) is 5.08. The summed E-state index contributed by atoms with van der Waals surface area (Å²) in [6.07, 6.45) is 2.42. The van der Waals surface area contributed by atoms with Gasteiger partial charge in [-0.2, -0.15) is 0 Å². The summed E-state index contributed by atoms with van der Waals surface area (Å²) in [5, 5.41) is 0. The van der Waals surface area contributed by atoms with E-state index in [1.165, 1.54) is 37.0 Å². The largest absolute Gasteiger partial charge is 0.263 e. The zero-order chi connectivity index (χ0) is 14.4. The first kappa shape index (κ1) is 14.7. The van der Waals surface area contributed by atoms with Crippen LogP contribution in [-0.2, 0) is 6.42 Å². The molecular weight excluding hydrogens is 254 g/mol. The van der Waals surface area contributed by atoms with Crippen molar-refractivity contribution >= 4 is 0 Å². The van der Waals surface area contributed by atoms with Crippen LogP contribution in [0.25, 0.3) is 11.1 Å². The van der Waals surface area contributed by atoms with Gasteiger partial charge < -0.3 is 0 Å². The smallest absolute Gasteiger partial charge is 0.205 e. The molecular formula is C18H20F2. The lowest BCUT2D eigenvalue weighted by atomic mass is 10.0. The van der Waals surface area contributed by atoms with E-state index in [4.69, 9.17) is 0 Å². The maximum absolute atomic E-state index is 12.5. The minimum Gasteiger partial charge on any atom is -0.205 e. The lowest BCUT2D eigenvalue weighted by Gasteiger charge is -2.06. The number of alkyl halides is 2. The first-order valence-corrected chi connectivity index (χ1v) is 7.18. The van der Waals surface area contributed by atoms with Gasteiger partial charge in [0.2, 0.25) is 0 Å². The van der Waals surface area contributed by atoms with Gasteiger partial charge in [0.15, 0.2) is 0 Å². The summed E-state index contributed by atoms with van der Waals surface area (Å²) >= 11 is 0. The maximum Gasteiger partial charge on any atom is 0.263 e. The minimum atomic E-state index is -2.40. The summed E-state index contributed by atoms with van der Waals surface area (Å²) in [6, 6.07) is 14.9. The van der Waals surface area contributed by atoms with Crippen molar-refractivity contribution in [3.8, 4) is 11.1 Å². The van der Waals surface area contributed by atoms with Crippen molar-refractivity contribution in [3.05, 3.63) is 59.7 Å². The second kappa shape index (κ2) is 7.18. The number of hydrogen-bond acceptors (Lipinski definition) is 0. The number of rotatable bonds is 6. The predicted octanol–water partition coefficient (Wildman–Crippen LogP) is 6.02. The molecule has 0 aromatic heterocycles. The summed E-state index contributed by atoms with van der Waals surface area (Å²) in [7, 11) is 0. The average molecular weight is 274 g/mol. The van der Waals surface area contributed by atoms with Crippen molar-refractivity contribution in [1.29, 1.82) is 0 Å². The highest BCUT2D eigenvalue weighted by Crippen LogP contribution is 2.24. The molecule has 0 heterocycles. The average Bonchev–Trinajstić information content (AvgIpc) is 2.48. The van der Waals surface area contributed by atoms with Gasteiger partial charge in [-0.3, -0.25) is 0 Å². The molecule has 0 unspecified atom stereocenters. The van der Waals surface area contributed by atoms with E-state index in [0.29, 0.717) is 0 Å². The van der Waals surface area contributed by atoms with Gasteiger partial charge in [0.1, 0.15) is 0 Å². The molecule has 0 bridgehead atoms. The van der Waals surface area contributed by atoms with E-state index >= 15 is 0 Å². The molecule has 2 aromatic carbocycles. The quantitative estimate of drug-likeness (QED) is 0.565. The molecule has 0 saturated heterocycles. The molecule has 0 aliphatic carbocycles. The molecule has 2 aromatic rings. The fourth-order valence-electron chi connectivity index (χ4n) is 2.26. The topological polar surface area (TPSA) is 0 Å². The zero-order valence-electron chi connectivity index (χ0n) is 11.8. The van der Waals surface area contributed by atoms with Gasteiger partial charge in [-0.15, -0.1) is 0 Å². The lowest BCUT2D eigenvalue weighted by molar-refractivity contribution is 0.151. The van der Waals surface area contributed by atoms with E-state index in [-0.39, 0.29) is 5.56 Å². The molecule has 20 heavy (non-hydrogen) atoms. The summed E-state index contributed by atoms with van der Waals surface area (Å²) in [6.45, 7) is 2.20. The van der Waals surface area contributed by atoms with Gasteiger partial charge in [-0.25, -0.2) is 8.78 Å². The molecule has 106 valence electrons. The number of aryl methyl sites for hydroxylation is 1. The first-order chi connectivity index (χ1) is 9.70. The Morgan fingerprint density at radius 1 is 0.800 bits per heavy atom. The lowest BCUT2D eigenvalue weighted by Crippen LogP contribution is -1.87. The number of benzene rings is 2. The minimum absolute atomic E-state index is 0.0740. The van der Waals surface area contributed by atoms with Crippen molar-refractivity contribution in [1.82, 2.24) is 0 Å². The second-order valence-electron chi connectivity index (χ2n) is 5.08. The summed E-state index contributed by atoms with van der Waals surface area (Å²) in [4.78, 5) is 0. The van der Waals surface area contributed by atoms with Crippen molar-refractivity contribution in [2.75, 3.05) is 0 Å². The fourth-order valence-corrected chi connectivity index (χ4v) is 2.26. The van der Waals surface area contributed by atoms with Crippen LogP contribution in [-0.4, -0.2) is 0 Å². The van der Waals surface area contributed by atoms with Gasteiger partial charge in [0.05, 0.1) is 0 Å². The van der Waals surface area contributed by atoms with Crippen LogP contribution in [0.5, 0.6) is 0 Å². The summed E-state index contributed by atoms with van der Waals surface area (Å²) < 4.78 is 25.0. The van der Waals surface area contributed by atoms with E-state index in [0.717, 1.165) is 17.5 Å². The van der Waals surface area contributed by atoms with E-state index in [9.17, 15) is 8.78 Å². The molecule has 0 aliphatic rings. The number of halogens is 2. The fraction of sp³-hybridized carbons (Fsp3) is 0.333. The Hall–Kier alpha value is -1.70. The molecule has 2 heteroatoms. The summed E-state index contributed by atoms with van der Waals surface area (Å²) in [5.41, 5.74) is 3.47. The zero-order valence-corrected chi connectivity index (χ0v) is 11.8. The van der Waals surface area contributed by atoms with Crippen LogP contribution in [0.1, 0.15) is 43.7 Å². The molecule has 0 amide bonds. The van der Waals surface area contributed by atoms with Crippen LogP contribution >= 0.6 is 0 Å². The Bertz CT molecular complexity index is 512. The van der Waals surface area contributed by atoms with Crippen LogP contribution < -0.4 is 0 Å². The highest BCUT2D eigenvalue weighted by Gasteiger charge is 2.06. The monoisotopic (exact) mass is 274 g/mol. The SMILES string of the molecule is CCCCCc1ccc(-c2ccc(C(F)F)cc2)cc1. The van der Waals surface area contributed by atoms with E-state index < -0.39 is 6.43 Å². The van der Waals surface area contributed by atoms with Crippen LogP contribution in [0.15, 0.2) is 48.5 Å². The van der Waals surface area contributed by atoms with Crippen LogP contribution in [0.4, 0.5) is 8.78 Å². The van der Waals surface area contributed by atoms with E-state index in [1.54, 1.807) is 12.1 Å². The molecule has 0 aliphatic heterocycles. The van der Waals surface area contributed by atoms with Crippen LogP contribution in [0, 0.1) is 0 Å². The van der Waals surface area contributed by atoms with E-state index in [1.807, 2.05) is 0 Å². The standard InChI is InChI=1S/C18H20F2/c1-2-3-4-5-14-6-8-15(9-7-14)16-10-12-17(13-11-16)18(19)20/h6-13,18H,2-5H2,1H3. The molecule has 0 spiro atoms. The third kappa shape index (κ3) is 3.89. The highest BCUT2D eigenvalue weighted by molar-refractivity contribution is 5.64. The Kier molecular flexibility index (Phi) is 5.28. The molecule has 0 saturated carbocycles. The Morgan fingerprint density at radius 2 is 1.35 bits per heavy atom. The maximum atomic E-state index is 12.5. The molecule has 2 rings (SSSR count). The number of hydrogen-bond donors (Lipinski definition) is 0. The number of unbranched alkanes of at least 4 members (excludes halogenated alkanes) is 2. The molecule has 0 N–H and O–H groups in total. The Morgan fingerprint density at radius 3 is 1.85 bits per heavy atom. The van der Waals surface area contributed by atoms with Gasteiger partial charge in [0, 0.05) is 5.56 Å². The van der Waals surface area contributed by atoms with Crippen molar-refractivity contribution < 1.29 is 8.78 Å². The Labute approximate surface area is 119 Å². The molecule has 0 fully saturated rings. The summed E-state index contributed by atoms with van der Waals surface area (Å²) in [5.74, 6) is 0. The van der Waals surface area contributed by atoms with Gasteiger partial charge in [0.25, 0.3) is 6.43 Å². The van der Waals surface area contributed by atoms with E-state index in [2.05, 4.69) is 31.2 Å². The van der Waals surface area contributed by atoms with Crippen molar-refractivity contribution in [2.24, 2.45) is 0 Å². The first-order valence-electron chi connectivity index (χ1n) is 7.18. The van der Waals surface area contributed by atoms with Crippen LogP contribution in [0.2, 0.25) is 0 Å². The van der Waals surface area contributed by atoms with Crippen LogP contribution in [0.3, 0.4) is 0 Å². The molecule has 0 atom stereocenters. The van der Waals surface area contributed by atoms with Gasteiger partial charge in [-0.05, 0) is 29.5 Å². The third-order valence-corrected chi connectivity index (χ3v) is 3.52. The highest BCUT2D eigenvalue weighted by atomic mass is 19.3. The molecule has 0 nitrogen and oxygen atoms in total. The van der Waals surface area contributed by atoms with Gasteiger partial charge in [-0.1, -0.05) is 68.3 Å². The van der Waals surface area contributed by atoms with Crippen molar-refractivity contribution in [3.63, 3.8) is 0 Å². The predicted molar refractivity (Wildman–Crippen MR) is 80.1 cm³/mol.